The summed E-state index contributed by atoms with van der Waals surface area (Å²) in [6, 6.07) is 0. The monoisotopic (exact) mass is 204 g/mol. The Morgan fingerprint density at radius 1 is 1.46 bits per heavy atom. The fourth-order valence-corrected chi connectivity index (χ4v) is 1.38. The molecular weight excluding hydrogens is 184 g/mol. The van der Waals surface area contributed by atoms with Gasteiger partial charge in [-0.1, -0.05) is 6.58 Å². The molecule has 78 valence electrons. The van der Waals surface area contributed by atoms with Crippen LogP contribution in [0.5, 0.6) is 0 Å². The third kappa shape index (κ3) is 18.4. The molecule has 4 heteroatoms. The van der Waals surface area contributed by atoms with E-state index in [9.17, 15) is 4.79 Å². The smallest absolute Gasteiger partial charge is 0.329 e. The fourth-order valence-electron chi connectivity index (χ4n) is 0.516. The van der Waals surface area contributed by atoms with Gasteiger partial charge < -0.3 is 9.16 Å². The van der Waals surface area contributed by atoms with Gasteiger partial charge in [0.1, 0.15) is 0 Å². The van der Waals surface area contributed by atoms with Gasteiger partial charge in [0.15, 0.2) is 8.32 Å². The number of hydrogen-bond acceptors (Lipinski definition) is 3. The third-order valence-corrected chi connectivity index (χ3v) is 2.10. The number of esters is 1. The summed E-state index contributed by atoms with van der Waals surface area (Å²) in [6.07, 6.45) is 1.11. The van der Waals surface area contributed by atoms with Crippen molar-refractivity contribution in [2.75, 3.05) is 13.7 Å². The van der Waals surface area contributed by atoms with Gasteiger partial charge in [-0.25, -0.2) is 4.79 Å². The maximum absolute atomic E-state index is 9.84. The second kappa shape index (κ2) is 8.01. The summed E-state index contributed by atoms with van der Waals surface area (Å²) < 4.78 is 9.51. The first-order valence-electron chi connectivity index (χ1n) is 4.21. The summed E-state index contributed by atoms with van der Waals surface area (Å²) >= 11 is 0. The van der Waals surface area contributed by atoms with Crippen molar-refractivity contribution < 1.29 is 14.0 Å². The van der Waals surface area contributed by atoms with Gasteiger partial charge in [-0.15, -0.1) is 0 Å². The minimum Gasteiger partial charge on any atom is -0.466 e. The minimum atomic E-state index is -1.16. The Balaban J connectivity index is 0. The van der Waals surface area contributed by atoms with Crippen molar-refractivity contribution in [3.8, 4) is 0 Å². The van der Waals surface area contributed by atoms with Crippen molar-refractivity contribution in [1.82, 2.24) is 0 Å². The third-order valence-electron chi connectivity index (χ3n) is 0.945. The number of carbonyl (C=O) groups excluding carboxylic acids is 1. The van der Waals surface area contributed by atoms with Crippen LogP contribution in [0.3, 0.4) is 0 Å². The van der Waals surface area contributed by atoms with E-state index < -0.39 is 14.3 Å². The normalized spacial score (nSPS) is 9.62. The van der Waals surface area contributed by atoms with E-state index in [4.69, 9.17) is 4.43 Å². The second-order valence-corrected chi connectivity index (χ2v) is 7.79. The average molecular weight is 204 g/mol. The lowest BCUT2D eigenvalue weighted by atomic mass is 10.7. The Morgan fingerprint density at radius 3 is 1.92 bits per heavy atom. The van der Waals surface area contributed by atoms with E-state index in [-0.39, 0.29) is 0 Å². The zero-order valence-electron chi connectivity index (χ0n) is 9.22. The van der Waals surface area contributed by atoms with E-state index in [1.54, 1.807) is 0 Å². The summed E-state index contributed by atoms with van der Waals surface area (Å²) in [5.41, 5.74) is 0. The molecule has 0 aliphatic carbocycles. The van der Waals surface area contributed by atoms with E-state index >= 15 is 0 Å². The highest BCUT2D eigenvalue weighted by Gasteiger charge is 2.11. The predicted octanol–water partition coefficient (Wildman–Crippen LogP) is 2.20. The molecule has 0 heterocycles. The molecule has 13 heavy (non-hydrogen) atoms. The Bertz CT molecular complexity index is 149. The molecular formula is C9H20O3Si. The Morgan fingerprint density at radius 2 is 1.92 bits per heavy atom. The minimum absolute atomic E-state index is 0.394. The summed E-state index contributed by atoms with van der Waals surface area (Å²) in [7, 11) is 0.152. The fraction of sp³-hybridized carbons (Fsp3) is 0.667. The maximum Gasteiger partial charge on any atom is 0.329 e. The van der Waals surface area contributed by atoms with Crippen molar-refractivity contribution in [3.05, 3.63) is 12.7 Å². The van der Waals surface area contributed by atoms with E-state index in [1.165, 1.54) is 7.11 Å². The summed E-state index contributed by atoms with van der Waals surface area (Å²) in [6.45, 7) is 12.6. The molecule has 0 saturated heterocycles. The standard InChI is InChI=1S/C5H14OSi.C4H6O2/c1-5-6-7(2,3)4;1-3-4(5)6-2/h5H2,1-4H3;3H,1H2,2H3. The Hall–Kier alpha value is -0.613. The van der Waals surface area contributed by atoms with Gasteiger partial charge >= 0.3 is 5.97 Å². The first-order chi connectivity index (χ1) is 5.87. The summed E-state index contributed by atoms with van der Waals surface area (Å²) in [5, 5.41) is 0. The second-order valence-electron chi connectivity index (χ2n) is 3.27. The average Bonchev–Trinajstić information content (AvgIpc) is 2.02. The van der Waals surface area contributed by atoms with E-state index in [0.717, 1.165) is 12.7 Å². The highest BCUT2D eigenvalue weighted by atomic mass is 28.4. The number of hydrogen-bond donors (Lipinski definition) is 0. The summed E-state index contributed by atoms with van der Waals surface area (Å²) in [5.74, 6) is -0.394. The molecule has 0 spiro atoms. The van der Waals surface area contributed by atoms with E-state index in [2.05, 4.69) is 31.0 Å². The molecule has 0 saturated carbocycles. The predicted molar refractivity (Wildman–Crippen MR) is 57.2 cm³/mol. The molecule has 0 aromatic heterocycles. The molecule has 0 amide bonds. The van der Waals surface area contributed by atoms with E-state index in [0.29, 0.717) is 0 Å². The largest absolute Gasteiger partial charge is 0.466 e. The van der Waals surface area contributed by atoms with Crippen LogP contribution in [0.4, 0.5) is 0 Å². The molecule has 0 aromatic rings. The molecule has 0 atom stereocenters. The Kier molecular flexibility index (Phi) is 9.17. The number of rotatable bonds is 3. The van der Waals surface area contributed by atoms with Crippen LogP contribution >= 0.6 is 0 Å². The lowest BCUT2D eigenvalue weighted by Gasteiger charge is -2.14. The highest BCUT2D eigenvalue weighted by Crippen LogP contribution is 2.00. The van der Waals surface area contributed by atoms with Gasteiger partial charge in [-0.05, 0) is 26.6 Å². The van der Waals surface area contributed by atoms with Crippen LogP contribution in [0, 0.1) is 0 Å². The zero-order valence-corrected chi connectivity index (χ0v) is 10.2. The van der Waals surface area contributed by atoms with Crippen molar-refractivity contribution in [3.63, 3.8) is 0 Å². The van der Waals surface area contributed by atoms with Crippen LogP contribution in [0.2, 0.25) is 19.6 Å². The molecule has 0 radical (unpaired) electrons. The molecule has 0 aliphatic heterocycles. The molecule has 3 nitrogen and oxygen atoms in total. The maximum atomic E-state index is 9.84. The van der Waals surface area contributed by atoms with E-state index in [1.807, 2.05) is 6.92 Å². The Labute approximate surface area is 81.9 Å². The van der Waals surface area contributed by atoms with Gasteiger partial charge in [-0.2, -0.15) is 0 Å². The number of carbonyl (C=O) groups is 1. The molecule has 0 aliphatic rings. The van der Waals surface area contributed by atoms with Crippen LogP contribution in [0.1, 0.15) is 6.92 Å². The molecule has 0 rings (SSSR count). The van der Waals surface area contributed by atoms with Crippen LogP contribution in [0.25, 0.3) is 0 Å². The quantitative estimate of drug-likeness (QED) is 0.402. The lowest BCUT2D eigenvalue weighted by molar-refractivity contribution is -0.134. The van der Waals surface area contributed by atoms with Gasteiger partial charge in [0.05, 0.1) is 7.11 Å². The van der Waals surface area contributed by atoms with Crippen molar-refractivity contribution >= 4 is 14.3 Å². The SMILES string of the molecule is C=CC(=O)OC.CCO[Si](C)(C)C. The van der Waals surface area contributed by atoms with Crippen LogP contribution in [0.15, 0.2) is 12.7 Å². The molecule has 0 bridgehead atoms. The van der Waals surface area contributed by atoms with Crippen molar-refractivity contribution in [2.24, 2.45) is 0 Å². The van der Waals surface area contributed by atoms with Gasteiger partial charge in [-0.3, -0.25) is 0 Å². The van der Waals surface area contributed by atoms with Crippen molar-refractivity contribution in [2.45, 2.75) is 26.6 Å². The molecule has 0 unspecified atom stereocenters. The van der Waals surface area contributed by atoms with Gasteiger partial charge in [0.2, 0.25) is 0 Å². The first kappa shape index (κ1) is 14.9. The first-order valence-corrected chi connectivity index (χ1v) is 7.62. The molecule has 0 N–H and O–H groups in total. The van der Waals surface area contributed by atoms with Crippen LogP contribution in [-0.2, 0) is 14.0 Å². The molecule has 0 aromatic carbocycles. The van der Waals surface area contributed by atoms with Gasteiger partial charge in [0, 0.05) is 12.7 Å². The lowest BCUT2D eigenvalue weighted by Crippen LogP contribution is -2.24. The highest BCUT2D eigenvalue weighted by molar-refractivity contribution is 6.69. The molecule has 0 fully saturated rings. The number of methoxy groups -OCH3 is 1. The number of ether oxygens (including phenoxy) is 1. The topological polar surface area (TPSA) is 35.5 Å². The summed E-state index contributed by atoms with van der Waals surface area (Å²) in [4.78, 5) is 9.84. The van der Waals surface area contributed by atoms with Gasteiger partial charge in [0.25, 0.3) is 0 Å². The van der Waals surface area contributed by atoms with Crippen LogP contribution in [-0.4, -0.2) is 28.0 Å². The van der Waals surface area contributed by atoms with Crippen molar-refractivity contribution in [1.29, 1.82) is 0 Å². The van der Waals surface area contributed by atoms with Crippen LogP contribution < -0.4 is 0 Å². The zero-order chi connectivity index (χ0) is 10.9.